The van der Waals surface area contributed by atoms with Crippen molar-refractivity contribution in [3.63, 3.8) is 0 Å². The van der Waals surface area contributed by atoms with Crippen LogP contribution in [0.15, 0.2) is 149 Å². The number of aromatic amines is 3. The molecule has 3 atom stereocenters. The summed E-state index contributed by atoms with van der Waals surface area (Å²) >= 11 is 0. The first-order chi connectivity index (χ1) is 44.7. The molecule has 1 saturated carbocycles. The predicted molar refractivity (Wildman–Crippen MR) is 364 cm³/mol. The molecule has 15 rings (SSSR count). The zero-order chi connectivity index (χ0) is 63.7. The lowest BCUT2D eigenvalue weighted by Gasteiger charge is -2.34. The molecule has 2 aliphatic rings. The molecule has 10 heterocycles. The molecule has 13 aromatic rings. The van der Waals surface area contributed by atoms with Crippen molar-refractivity contribution >= 4 is 83.3 Å². The number of piperidine rings is 1. The van der Waals surface area contributed by atoms with E-state index >= 15 is 0 Å². The monoisotopic (exact) mass is 1230 g/mol. The molecule has 0 amide bonds. The van der Waals surface area contributed by atoms with Gasteiger partial charge in [0.2, 0.25) is 0 Å². The van der Waals surface area contributed by atoms with Crippen molar-refractivity contribution < 1.29 is 0 Å². The highest BCUT2D eigenvalue weighted by Gasteiger charge is 2.29. The largest absolute Gasteiger partial charge is 0.360 e. The molecule has 22 heteroatoms. The Balaban J connectivity index is 0.000000126. The van der Waals surface area contributed by atoms with Gasteiger partial charge in [0.05, 0.1) is 53.3 Å². The van der Waals surface area contributed by atoms with Gasteiger partial charge in [0.25, 0.3) is 16.7 Å². The third kappa shape index (κ3) is 11.7. The number of hydrogen-bond acceptors (Lipinski definition) is 16. The molecule has 0 radical (unpaired) electrons. The van der Waals surface area contributed by atoms with Crippen molar-refractivity contribution in [2.24, 2.45) is 0 Å². The number of fused-ring (bicyclic) bond motifs is 6. The van der Waals surface area contributed by atoms with Crippen LogP contribution in [0.4, 0.5) is 17.5 Å². The number of nitrogens with zero attached hydrogens (tertiary/aromatic N) is 13. The molecule has 1 aliphatic heterocycles. The van der Waals surface area contributed by atoms with Crippen LogP contribution in [-0.4, -0.2) is 98.5 Å². The Hall–Kier alpha value is -10.5. The number of aryl methyl sites for hydroxylation is 4. The van der Waals surface area contributed by atoms with Gasteiger partial charge < -0.3 is 44.9 Å². The zero-order valence-corrected chi connectivity index (χ0v) is 53.0. The van der Waals surface area contributed by atoms with E-state index in [-0.39, 0.29) is 46.9 Å². The quantitative estimate of drug-likeness (QED) is 0.0626. The number of benzene rings is 4. The van der Waals surface area contributed by atoms with Gasteiger partial charge in [0.15, 0.2) is 34.4 Å². The number of pyridine rings is 3. The van der Waals surface area contributed by atoms with E-state index in [9.17, 15) is 14.4 Å². The van der Waals surface area contributed by atoms with Crippen LogP contribution in [0.25, 0.3) is 71.5 Å². The van der Waals surface area contributed by atoms with E-state index in [2.05, 4.69) is 124 Å². The van der Waals surface area contributed by atoms with E-state index in [4.69, 9.17) is 0 Å². The maximum absolute atomic E-state index is 13.9. The normalized spacial score (nSPS) is 15.0. The van der Waals surface area contributed by atoms with Gasteiger partial charge in [-0.25, -0.2) is 44.9 Å². The number of imidazole rings is 3. The second-order valence-electron chi connectivity index (χ2n) is 24.4. The maximum atomic E-state index is 13.9. The standard InChI is InChI=1S/C24H29N7O.C24H22N6O.C22H24N6O/c1-4-18(29-23-21-22(26-13-25-21)27-14-28-23)19-12-16-7-5-6-15(2)20(16)24(32)31(19)17-8-10-30(3)11-9-17;1-14-6-4-9-18(10-14)30-19(11-17-8-5-7-15(2)20(17)24(30)31)16(3)29-23-21-22(26-12-25-21)27-13-28-23;1-13-6-5-7-15-10-17(28(22(29)18(13)15)16-8-3-4-9-16)14(2)27-21-19-20(24-11-23-19)25-12-26-21/h5-7,12-14,17-18H,4,8-11H2,1-3H3,(H2,25,26,27,28,29);4-13,16H,1-3H3,(H2,25,26,27,28,29);5-7,10-12,14,16H,3-4,8-9H2,1-2H3,(H2,23,24,25,26,27). The van der Waals surface area contributed by atoms with Crippen LogP contribution in [-0.2, 0) is 0 Å². The lowest BCUT2D eigenvalue weighted by atomic mass is 9.98. The van der Waals surface area contributed by atoms with Crippen LogP contribution in [0.2, 0.25) is 0 Å². The van der Waals surface area contributed by atoms with Crippen LogP contribution >= 0.6 is 0 Å². The SMILES string of the molecule is CCC(Nc1ncnc2nc[nH]c12)c1cc2cccc(C)c2c(=O)n1C1CCN(C)CC1.Cc1cccc(-n2c(C(C)Nc3ncnc4nc[nH]c34)cc3cccc(C)c3c2=O)c1.Cc1cccc2cc(C(C)Nc3ncnc4nc[nH]c34)n(C3CCCC3)c(=O)c12. The molecule has 0 spiro atoms. The molecule has 22 nitrogen and oxygen atoms in total. The molecule has 1 aliphatic carbocycles. The first-order valence-electron chi connectivity index (χ1n) is 31.6. The molecular formula is C70H75N19O3. The summed E-state index contributed by atoms with van der Waals surface area (Å²) in [6.45, 7) is 16.2. The highest BCUT2D eigenvalue weighted by atomic mass is 16.1. The molecule has 1 saturated heterocycles. The lowest BCUT2D eigenvalue weighted by Crippen LogP contribution is -2.38. The van der Waals surface area contributed by atoms with Crippen molar-refractivity contribution in [3.05, 3.63) is 205 Å². The number of H-pyrrole nitrogens is 3. The van der Waals surface area contributed by atoms with Crippen molar-refractivity contribution in [1.82, 2.24) is 78.4 Å². The smallest absolute Gasteiger partial charge is 0.263 e. The summed E-state index contributed by atoms with van der Waals surface area (Å²) in [5.74, 6) is 2.03. The second kappa shape index (κ2) is 25.8. The molecule has 92 heavy (non-hydrogen) atoms. The molecule has 9 aromatic heterocycles. The first-order valence-corrected chi connectivity index (χ1v) is 31.6. The summed E-state index contributed by atoms with van der Waals surface area (Å²) in [6, 6.07) is 32.5. The van der Waals surface area contributed by atoms with Crippen molar-refractivity contribution in [1.29, 1.82) is 0 Å². The van der Waals surface area contributed by atoms with Gasteiger partial charge in [-0.15, -0.1) is 0 Å². The highest BCUT2D eigenvalue weighted by molar-refractivity contribution is 5.89. The number of nitrogens with one attached hydrogen (secondary N) is 6. The van der Waals surface area contributed by atoms with E-state index in [0.717, 1.165) is 139 Å². The first kappa shape index (κ1) is 60.4. The summed E-state index contributed by atoms with van der Waals surface area (Å²) in [7, 11) is 2.14. The van der Waals surface area contributed by atoms with E-state index in [1.807, 2.05) is 118 Å². The van der Waals surface area contributed by atoms with E-state index in [1.54, 1.807) is 23.5 Å². The third-order valence-corrected chi connectivity index (χ3v) is 18.3. The molecular weight excluding hydrogens is 1150 g/mol. The zero-order valence-electron chi connectivity index (χ0n) is 53.0. The number of anilines is 3. The fourth-order valence-corrected chi connectivity index (χ4v) is 13.5. The van der Waals surface area contributed by atoms with Gasteiger partial charge in [-0.3, -0.25) is 19.0 Å². The number of hydrogen-bond donors (Lipinski definition) is 6. The van der Waals surface area contributed by atoms with Crippen LogP contribution in [0.3, 0.4) is 0 Å². The van der Waals surface area contributed by atoms with Gasteiger partial charge in [0.1, 0.15) is 35.5 Å². The second-order valence-corrected chi connectivity index (χ2v) is 24.4. The molecule has 3 unspecified atom stereocenters. The summed E-state index contributed by atoms with van der Waals surface area (Å²) in [4.78, 5) is 91.2. The topological polar surface area (TPSA) is 269 Å². The number of aromatic nitrogens is 15. The number of likely N-dealkylation sites (tertiary alicyclic amines) is 1. The van der Waals surface area contributed by atoms with E-state index in [1.165, 1.54) is 31.8 Å². The lowest BCUT2D eigenvalue weighted by molar-refractivity contribution is 0.216. The van der Waals surface area contributed by atoms with E-state index in [0.29, 0.717) is 34.4 Å². The Bertz CT molecular complexity index is 5050. The Morgan fingerprint density at radius 2 is 0.913 bits per heavy atom. The summed E-state index contributed by atoms with van der Waals surface area (Å²) < 4.78 is 5.89. The summed E-state index contributed by atoms with van der Waals surface area (Å²) in [6.07, 6.45) is 16.5. The fraction of sp³-hybridized carbons (Fsp3) is 0.314. The summed E-state index contributed by atoms with van der Waals surface area (Å²) in [5, 5.41) is 15.8. The van der Waals surface area contributed by atoms with Crippen LogP contribution in [0.1, 0.15) is 135 Å². The maximum Gasteiger partial charge on any atom is 0.263 e. The summed E-state index contributed by atoms with van der Waals surface area (Å²) in [5.41, 5.74) is 12.1. The highest BCUT2D eigenvalue weighted by Crippen LogP contribution is 2.36. The third-order valence-electron chi connectivity index (χ3n) is 18.3. The van der Waals surface area contributed by atoms with Gasteiger partial charge in [-0.1, -0.05) is 86.5 Å². The molecule has 2 fully saturated rings. The fourth-order valence-electron chi connectivity index (χ4n) is 13.5. The van der Waals surface area contributed by atoms with E-state index < -0.39 is 0 Å². The Kier molecular flexibility index (Phi) is 16.9. The van der Waals surface area contributed by atoms with Gasteiger partial charge in [-0.2, -0.15) is 0 Å². The van der Waals surface area contributed by atoms with Crippen molar-refractivity contribution in [2.75, 3.05) is 36.1 Å². The minimum atomic E-state index is -0.209. The Morgan fingerprint density at radius 1 is 0.489 bits per heavy atom. The minimum absolute atomic E-state index is 0.0285. The minimum Gasteiger partial charge on any atom is -0.360 e. The van der Waals surface area contributed by atoms with Gasteiger partial charge in [0, 0.05) is 34.9 Å². The van der Waals surface area contributed by atoms with Crippen LogP contribution in [0.5, 0.6) is 0 Å². The molecule has 468 valence electrons. The van der Waals surface area contributed by atoms with Crippen LogP contribution < -0.4 is 32.6 Å². The van der Waals surface area contributed by atoms with Gasteiger partial charge >= 0.3 is 0 Å². The predicted octanol–water partition coefficient (Wildman–Crippen LogP) is 12.5. The average Bonchev–Trinajstić information content (AvgIpc) is 1.19. The van der Waals surface area contributed by atoms with Gasteiger partial charge in [-0.05, 0) is 163 Å². The Morgan fingerprint density at radius 3 is 1.40 bits per heavy atom. The van der Waals surface area contributed by atoms with Crippen molar-refractivity contribution in [3.8, 4) is 5.69 Å². The van der Waals surface area contributed by atoms with Crippen molar-refractivity contribution in [2.45, 2.75) is 124 Å². The molecule has 0 bridgehead atoms. The molecule has 6 N–H and O–H groups in total. The average molecular weight is 1230 g/mol. The Labute approximate surface area is 530 Å². The molecule has 4 aromatic carbocycles. The van der Waals surface area contributed by atoms with Crippen LogP contribution in [0, 0.1) is 27.7 Å². The number of rotatable bonds is 13.